The number of carbonyl (C=O) groups is 1. The second kappa shape index (κ2) is 10.6. The van der Waals surface area contributed by atoms with Crippen LogP contribution in [0.25, 0.3) is 10.9 Å². The molecule has 9 nitrogen and oxygen atoms in total. The van der Waals surface area contributed by atoms with Crippen molar-refractivity contribution in [3.8, 4) is 5.75 Å². The minimum Gasteiger partial charge on any atom is -0.497 e. The molecule has 34 heavy (non-hydrogen) atoms. The summed E-state index contributed by atoms with van der Waals surface area (Å²) in [7, 11) is 1.29. The van der Waals surface area contributed by atoms with Crippen LogP contribution in [0, 0.1) is 5.41 Å². The normalized spacial score (nSPS) is 19.5. The number of nitrogens with zero attached hydrogens (tertiary/aromatic N) is 2. The van der Waals surface area contributed by atoms with Gasteiger partial charge in [-0.25, -0.2) is 3.97 Å². The van der Waals surface area contributed by atoms with E-state index < -0.39 is 21.7 Å². The van der Waals surface area contributed by atoms with E-state index in [4.69, 9.17) is 18.4 Å². The Morgan fingerprint density at radius 1 is 1.29 bits per heavy atom. The van der Waals surface area contributed by atoms with Crippen LogP contribution in [0.15, 0.2) is 24.4 Å². The zero-order valence-corrected chi connectivity index (χ0v) is 21.7. The van der Waals surface area contributed by atoms with Crippen molar-refractivity contribution >= 4 is 27.2 Å². The van der Waals surface area contributed by atoms with Gasteiger partial charge in [0.15, 0.2) is 0 Å². The van der Waals surface area contributed by atoms with Gasteiger partial charge in [0.1, 0.15) is 11.9 Å². The summed E-state index contributed by atoms with van der Waals surface area (Å²) < 4.78 is 49.3. The number of fused-ring (bicyclic) bond motifs is 1. The fourth-order valence-corrected chi connectivity index (χ4v) is 5.03. The van der Waals surface area contributed by atoms with Gasteiger partial charge in [-0.15, -0.1) is 0 Å². The Balaban J connectivity index is 1.78. The zero-order valence-electron chi connectivity index (χ0n) is 20.9. The van der Waals surface area contributed by atoms with E-state index in [1.54, 1.807) is 39.3 Å². The van der Waals surface area contributed by atoms with Gasteiger partial charge in [0.05, 0.1) is 37.4 Å². The largest absolute Gasteiger partial charge is 0.497 e. The van der Waals surface area contributed by atoms with Gasteiger partial charge in [0, 0.05) is 31.0 Å². The first kappa shape index (κ1) is 26.5. The Labute approximate surface area is 202 Å². The summed E-state index contributed by atoms with van der Waals surface area (Å²) in [5, 5.41) is 0.778. The molecule has 2 heterocycles. The maximum atomic E-state index is 13.2. The van der Waals surface area contributed by atoms with E-state index in [2.05, 4.69) is 0 Å². The number of rotatable bonds is 10. The highest BCUT2D eigenvalue weighted by Gasteiger charge is 2.35. The van der Waals surface area contributed by atoms with Crippen LogP contribution in [-0.2, 0) is 35.2 Å². The lowest BCUT2D eigenvalue weighted by atomic mass is 9.95. The van der Waals surface area contributed by atoms with E-state index in [-0.39, 0.29) is 18.8 Å². The first-order chi connectivity index (χ1) is 15.9. The highest BCUT2D eigenvalue weighted by molar-refractivity contribution is 7.85. The summed E-state index contributed by atoms with van der Waals surface area (Å²) >= 11 is 0. The Morgan fingerprint density at radius 2 is 2.03 bits per heavy atom. The van der Waals surface area contributed by atoms with Gasteiger partial charge in [-0.3, -0.25) is 8.98 Å². The third-order valence-corrected chi connectivity index (χ3v) is 7.16. The van der Waals surface area contributed by atoms with Crippen LogP contribution in [0.1, 0.15) is 39.2 Å². The number of hydrogen-bond donors (Lipinski definition) is 0. The van der Waals surface area contributed by atoms with Gasteiger partial charge in [0.2, 0.25) is 0 Å². The quantitative estimate of drug-likeness (QED) is 0.463. The molecule has 10 heteroatoms. The minimum absolute atomic E-state index is 0.0219. The fraction of sp³-hybridized carbons (Fsp3) is 0.625. The van der Waals surface area contributed by atoms with Crippen LogP contribution in [0.5, 0.6) is 5.75 Å². The lowest BCUT2D eigenvalue weighted by Crippen LogP contribution is -2.38. The second-order valence-electron chi connectivity index (χ2n) is 9.72. The van der Waals surface area contributed by atoms with E-state index >= 15 is 0 Å². The van der Waals surface area contributed by atoms with Crippen LogP contribution in [0.2, 0.25) is 0 Å². The van der Waals surface area contributed by atoms with E-state index in [0.29, 0.717) is 37.1 Å². The molecule has 1 aromatic heterocycles. The summed E-state index contributed by atoms with van der Waals surface area (Å²) in [6.07, 6.45) is 3.26. The molecular formula is C24H36N2O7S. The van der Waals surface area contributed by atoms with E-state index in [0.717, 1.165) is 21.5 Å². The fourth-order valence-electron chi connectivity index (χ4n) is 3.81. The molecule has 0 radical (unpaired) electrons. The Bertz CT molecular complexity index is 1110. The standard InChI is InChI=1S/C24H36N2O7S/c1-17-13-20(10-12-31-17)33-23(27)24(2,3)16-32-34(28,29)26-15-18(9-11-25(4)5)21-14-19(30-6)7-8-22(21)26/h7-8,14-15,17,20H,9-13,16H2,1-6H3. The molecule has 0 aliphatic carbocycles. The third-order valence-electron chi connectivity index (χ3n) is 5.96. The monoisotopic (exact) mass is 496 g/mol. The van der Waals surface area contributed by atoms with Crippen molar-refractivity contribution in [1.29, 1.82) is 0 Å². The molecular weight excluding hydrogens is 460 g/mol. The first-order valence-electron chi connectivity index (χ1n) is 11.5. The topological polar surface area (TPSA) is 96.3 Å². The molecule has 1 aliphatic heterocycles. The van der Waals surface area contributed by atoms with E-state index in [1.165, 1.54) is 0 Å². The zero-order chi connectivity index (χ0) is 25.1. The summed E-state index contributed by atoms with van der Waals surface area (Å²) in [6.45, 7) is 6.12. The van der Waals surface area contributed by atoms with Crippen molar-refractivity contribution in [2.45, 2.75) is 52.2 Å². The molecule has 2 unspecified atom stereocenters. The number of methoxy groups -OCH3 is 1. The summed E-state index contributed by atoms with van der Waals surface area (Å²) in [6, 6.07) is 5.22. The van der Waals surface area contributed by atoms with Gasteiger partial charge < -0.3 is 19.1 Å². The van der Waals surface area contributed by atoms with Crippen molar-refractivity contribution in [2.24, 2.45) is 5.41 Å². The molecule has 1 aliphatic rings. The van der Waals surface area contributed by atoms with E-state index in [9.17, 15) is 13.2 Å². The average Bonchev–Trinajstić information content (AvgIpc) is 3.15. The van der Waals surface area contributed by atoms with Gasteiger partial charge in [-0.05, 0) is 65.0 Å². The van der Waals surface area contributed by atoms with Gasteiger partial charge >= 0.3 is 16.3 Å². The van der Waals surface area contributed by atoms with Crippen LogP contribution in [-0.4, -0.2) is 76.4 Å². The first-order valence-corrected chi connectivity index (χ1v) is 12.8. The van der Waals surface area contributed by atoms with Crippen molar-refractivity contribution in [3.63, 3.8) is 0 Å². The van der Waals surface area contributed by atoms with Crippen LogP contribution in [0.3, 0.4) is 0 Å². The predicted octanol–water partition coefficient (Wildman–Crippen LogP) is 3.00. The van der Waals surface area contributed by atoms with Crippen LogP contribution in [0.4, 0.5) is 0 Å². The molecule has 1 saturated heterocycles. The molecule has 0 amide bonds. The Kier molecular flexibility index (Phi) is 8.28. The second-order valence-corrected chi connectivity index (χ2v) is 11.2. The number of carbonyl (C=O) groups excluding carboxylic acids is 1. The van der Waals surface area contributed by atoms with E-state index in [1.807, 2.05) is 32.0 Å². The SMILES string of the molecule is COc1ccc2c(c1)c(CCN(C)C)cn2S(=O)(=O)OCC(C)(C)C(=O)OC1CCOC(C)C1. The molecule has 0 saturated carbocycles. The highest BCUT2D eigenvalue weighted by atomic mass is 32.2. The maximum Gasteiger partial charge on any atom is 0.366 e. The van der Waals surface area contributed by atoms with Crippen LogP contribution >= 0.6 is 0 Å². The smallest absolute Gasteiger partial charge is 0.366 e. The average molecular weight is 497 g/mol. The van der Waals surface area contributed by atoms with Gasteiger partial charge in [-0.2, -0.15) is 8.42 Å². The molecule has 1 fully saturated rings. The Hall–Kier alpha value is -2.14. The molecule has 1 aromatic carbocycles. The number of ether oxygens (including phenoxy) is 3. The molecule has 0 N–H and O–H groups in total. The maximum absolute atomic E-state index is 13.2. The molecule has 2 atom stereocenters. The summed E-state index contributed by atoms with van der Waals surface area (Å²) in [5.41, 5.74) is 0.211. The van der Waals surface area contributed by atoms with Crippen molar-refractivity contribution in [1.82, 2.24) is 8.87 Å². The van der Waals surface area contributed by atoms with Gasteiger partial charge in [-0.1, -0.05) is 0 Å². The molecule has 0 bridgehead atoms. The molecule has 190 valence electrons. The predicted molar refractivity (Wildman–Crippen MR) is 129 cm³/mol. The Morgan fingerprint density at radius 3 is 2.68 bits per heavy atom. The van der Waals surface area contributed by atoms with Crippen LogP contribution < -0.4 is 4.74 Å². The number of esters is 1. The lowest BCUT2D eigenvalue weighted by Gasteiger charge is -2.30. The lowest BCUT2D eigenvalue weighted by molar-refractivity contribution is -0.167. The van der Waals surface area contributed by atoms with Crippen molar-refractivity contribution < 1.29 is 31.6 Å². The van der Waals surface area contributed by atoms with Gasteiger partial charge in [0.25, 0.3) is 0 Å². The number of hydrogen-bond acceptors (Lipinski definition) is 8. The molecule has 3 rings (SSSR count). The summed E-state index contributed by atoms with van der Waals surface area (Å²) in [4.78, 5) is 14.8. The summed E-state index contributed by atoms with van der Waals surface area (Å²) in [5.74, 6) is 0.150. The van der Waals surface area contributed by atoms with Crippen molar-refractivity contribution in [2.75, 3.05) is 41.0 Å². The number of likely N-dealkylation sites (N-methyl/N-ethyl adjacent to an activating group) is 1. The minimum atomic E-state index is -4.20. The molecule has 2 aromatic rings. The third kappa shape index (κ3) is 6.29. The highest BCUT2D eigenvalue weighted by Crippen LogP contribution is 2.29. The van der Waals surface area contributed by atoms with Crippen molar-refractivity contribution in [3.05, 3.63) is 30.0 Å². The number of aromatic nitrogens is 1. The number of benzene rings is 1. The molecule has 0 spiro atoms.